The summed E-state index contributed by atoms with van der Waals surface area (Å²) in [5.74, 6) is 0.234. The number of nitrogens with one attached hydrogen (secondary N) is 1. The van der Waals surface area contributed by atoms with Crippen LogP contribution in [0.1, 0.15) is 24.0 Å². The molecule has 0 saturated carbocycles. The lowest BCUT2D eigenvalue weighted by Gasteiger charge is -2.37. The van der Waals surface area contributed by atoms with Crippen molar-refractivity contribution in [1.82, 2.24) is 15.1 Å². The summed E-state index contributed by atoms with van der Waals surface area (Å²) in [7, 11) is 0. The highest BCUT2D eigenvalue weighted by Crippen LogP contribution is 2.38. The van der Waals surface area contributed by atoms with Crippen LogP contribution in [-0.2, 0) is 11.2 Å². The number of urea groups is 1. The summed E-state index contributed by atoms with van der Waals surface area (Å²) >= 11 is 1.70. The maximum Gasteiger partial charge on any atom is 0.317 e. The van der Waals surface area contributed by atoms with Crippen LogP contribution in [0.15, 0.2) is 23.1 Å². The van der Waals surface area contributed by atoms with Crippen molar-refractivity contribution in [2.45, 2.75) is 42.4 Å². The van der Waals surface area contributed by atoms with E-state index in [1.165, 1.54) is 16.0 Å². The molecular weight excluding hydrogens is 322 g/mol. The Labute approximate surface area is 146 Å². The van der Waals surface area contributed by atoms with Gasteiger partial charge >= 0.3 is 6.03 Å². The van der Waals surface area contributed by atoms with Gasteiger partial charge in [0.05, 0.1) is 11.3 Å². The van der Waals surface area contributed by atoms with E-state index in [0.29, 0.717) is 6.54 Å². The summed E-state index contributed by atoms with van der Waals surface area (Å²) in [5.41, 5.74) is 2.53. The summed E-state index contributed by atoms with van der Waals surface area (Å²) < 4.78 is 0. The summed E-state index contributed by atoms with van der Waals surface area (Å²) in [6.07, 6.45) is 2.79. The fourth-order valence-corrected chi connectivity index (χ4v) is 5.30. The number of piperidine rings is 1. The van der Waals surface area contributed by atoms with E-state index in [2.05, 4.69) is 30.4 Å². The van der Waals surface area contributed by atoms with Gasteiger partial charge < -0.3 is 15.1 Å². The van der Waals surface area contributed by atoms with Crippen LogP contribution in [0.3, 0.4) is 0 Å². The second-order valence-corrected chi connectivity index (χ2v) is 8.17. The molecule has 4 rings (SSSR count). The number of carbonyl (C=O) groups is 2. The molecule has 0 bridgehead atoms. The number of carbonyl (C=O) groups excluding carboxylic acids is 2. The van der Waals surface area contributed by atoms with Crippen LogP contribution in [0.4, 0.5) is 4.79 Å². The first kappa shape index (κ1) is 15.8. The zero-order chi connectivity index (χ0) is 16.7. The molecule has 128 valence electrons. The van der Waals surface area contributed by atoms with Crippen LogP contribution >= 0.6 is 11.8 Å². The Morgan fingerprint density at radius 1 is 1.33 bits per heavy atom. The topological polar surface area (TPSA) is 52.7 Å². The first-order valence-electron chi connectivity index (χ1n) is 8.71. The zero-order valence-electron chi connectivity index (χ0n) is 14.0. The van der Waals surface area contributed by atoms with Crippen LogP contribution in [0.2, 0.25) is 0 Å². The van der Waals surface area contributed by atoms with E-state index in [4.69, 9.17) is 0 Å². The number of nitrogens with zero attached hydrogens (tertiary/aromatic N) is 2. The third-order valence-corrected chi connectivity index (χ3v) is 6.50. The number of hydrogen-bond acceptors (Lipinski definition) is 3. The van der Waals surface area contributed by atoms with Crippen molar-refractivity contribution in [3.63, 3.8) is 0 Å². The summed E-state index contributed by atoms with van der Waals surface area (Å²) in [4.78, 5) is 30.0. The van der Waals surface area contributed by atoms with Gasteiger partial charge in [-0.1, -0.05) is 17.7 Å². The molecule has 6 heteroatoms. The molecule has 3 heterocycles. The molecule has 5 nitrogen and oxygen atoms in total. The van der Waals surface area contributed by atoms with Crippen LogP contribution in [0, 0.1) is 6.92 Å². The second-order valence-electron chi connectivity index (χ2n) is 6.93. The third kappa shape index (κ3) is 2.88. The van der Waals surface area contributed by atoms with Crippen molar-refractivity contribution in [3.05, 3.63) is 29.3 Å². The number of aryl methyl sites for hydroxylation is 1. The van der Waals surface area contributed by atoms with Crippen molar-refractivity contribution in [3.8, 4) is 0 Å². The number of rotatable bonds is 2. The monoisotopic (exact) mass is 345 g/mol. The minimum atomic E-state index is -0.00652. The first-order chi connectivity index (χ1) is 11.6. The molecule has 0 spiro atoms. The van der Waals surface area contributed by atoms with Gasteiger partial charge in [-0.15, -0.1) is 11.8 Å². The predicted octanol–water partition coefficient (Wildman–Crippen LogP) is 2.03. The van der Waals surface area contributed by atoms with Gasteiger partial charge in [-0.05, 0) is 37.8 Å². The Bertz CT molecular complexity index is 678. The normalized spacial score (nSPS) is 26.5. The lowest BCUT2D eigenvalue weighted by atomic mass is 10.0. The standard InChI is InChI=1S/C18H23N3O2S/c1-12-4-5-13-10-16(24-15(13)9-12)17(22)20-7-2-3-14(11-20)21-8-6-19-18(21)23/h4-5,9,14,16H,2-3,6-8,10-11H2,1H3,(H,19,23)/t14-,16+/m0/s1. The van der Waals surface area contributed by atoms with Gasteiger partial charge in [0.15, 0.2) is 0 Å². The molecule has 0 aliphatic carbocycles. The molecule has 24 heavy (non-hydrogen) atoms. The number of thioether (sulfide) groups is 1. The van der Waals surface area contributed by atoms with Crippen molar-refractivity contribution in [2.24, 2.45) is 0 Å². The quantitative estimate of drug-likeness (QED) is 0.892. The van der Waals surface area contributed by atoms with Gasteiger partial charge in [0.1, 0.15) is 0 Å². The number of likely N-dealkylation sites (tertiary alicyclic amines) is 1. The SMILES string of the molecule is Cc1ccc2c(c1)S[C@@H](C(=O)N1CCC[C@H](N3CCNC3=O)C1)C2. The molecule has 3 aliphatic heterocycles. The molecule has 2 saturated heterocycles. The van der Waals surface area contributed by atoms with Crippen molar-refractivity contribution in [2.75, 3.05) is 26.2 Å². The fourth-order valence-electron chi connectivity index (χ4n) is 3.92. The van der Waals surface area contributed by atoms with E-state index in [0.717, 1.165) is 38.9 Å². The van der Waals surface area contributed by atoms with Crippen LogP contribution in [-0.4, -0.2) is 59.2 Å². The highest BCUT2D eigenvalue weighted by molar-refractivity contribution is 8.01. The van der Waals surface area contributed by atoms with Gasteiger partial charge in [0.25, 0.3) is 0 Å². The highest BCUT2D eigenvalue weighted by atomic mass is 32.2. The zero-order valence-corrected chi connectivity index (χ0v) is 14.8. The van der Waals surface area contributed by atoms with Crippen molar-refractivity contribution >= 4 is 23.7 Å². The molecular formula is C18H23N3O2S. The largest absolute Gasteiger partial charge is 0.340 e. The first-order valence-corrected chi connectivity index (χ1v) is 9.59. The average molecular weight is 345 g/mol. The fraction of sp³-hybridized carbons (Fsp3) is 0.556. The average Bonchev–Trinajstić information content (AvgIpc) is 3.20. The van der Waals surface area contributed by atoms with E-state index >= 15 is 0 Å². The van der Waals surface area contributed by atoms with Gasteiger partial charge in [-0.25, -0.2) is 4.79 Å². The minimum Gasteiger partial charge on any atom is -0.340 e. The number of fused-ring (bicyclic) bond motifs is 1. The Hall–Kier alpha value is -1.69. The number of hydrogen-bond donors (Lipinski definition) is 1. The molecule has 0 radical (unpaired) electrons. The van der Waals surface area contributed by atoms with E-state index in [1.807, 2.05) is 9.80 Å². The molecule has 0 unspecified atom stereocenters. The highest BCUT2D eigenvalue weighted by Gasteiger charge is 2.36. The van der Waals surface area contributed by atoms with E-state index < -0.39 is 0 Å². The number of amides is 3. The Balaban J connectivity index is 1.42. The molecule has 3 aliphatic rings. The predicted molar refractivity (Wildman–Crippen MR) is 94.2 cm³/mol. The molecule has 1 N–H and O–H groups in total. The third-order valence-electron chi connectivity index (χ3n) is 5.21. The Kier molecular flexibility index (Phi) is 4.16. The Morgan fingerprint density at radius 3 is 3.00 bits per heavy atom. The minimum absolute atomic E-state index is 0.00652. The smallest absolute Gasteiger partial charge is 0.317 e. The van der Waals surface area contributed by atoms with Gasteiger partial charge in [0.2, 0.25) is 5.91 Å². The van der Waals surface area contributed by atoms with E-state index in [1.54, 1.807) is 11.8 Å². The molecule has 2 fully saturated rings. The van der Waals surface area contributed by atoms with Crippen LogP contribution in [0.25, 0.3) is 0 Å². The second kappa shape index (κ2) is 6.31. The summed E-state index contributed by atoms with van der Waals surface area (Å²) in [6, 6.07) is 6.64. The maximum atomic E-state index is 13.0. The lowest BCUT2D eigenvalue weighted by Crippen LogP contribution is -2.52. The maximum absolute atomic E-state index is 13.0. The molecule has 2 atom stereocenters. The summed E-state index contributed by atoms with van der Waals surface area (Å²) in [6.45, 7) is 5.06. The lowest BCUT2D eigenvalue weighted by molar-refractivity contribution is -0.132. The van der Waals surface area contributed by atoms with Crippen LogP contribution in [0.5, 0.6) is 0 Å². The van der Waals surface area contributed by atoms with Gasteiger partial charge in [-0.2, -0.15) is 0 Å². The molecule has 1 aromatic rings. The number of benzene rings is 1. The van der Waals surface area contributed by atoms with Crippen molar-refractivity contribution < 1.29 is 9.59 Å². The van der Waals surface area contributed by atoms with Gasteiger partial charge in [-0.3, -0.25) is 4.79 Å². The van der Waals surface area contributed by atoms with E-state index in [9.17, 15) is 9.59 Å². The molecule has 3 amide bonds. The molecule has 0 aromatic heterocycles. The molecule has 1 aromatic carbocycles. The van der Waals surface area contributed by atoms with Crippen molar-refractivity contribution in [1.29, 1.82) is 0 Å². The summed E-state index contributed by atoms with van der Waals surface area (Å²) in [5, 5.41) is 2.86. The van der Waals surface area contributed by atoms with Gasteiger partial charge in [0, 0.05) is 31.1 Å². The van der Waals surface area contributed by atoms with E-state index in [-0.39, 0.29) is 23.2 Å². The Morgan fingerprint density at radius 2 is 2.21 bits per heavy atom. The van der Waals surface area contributed by atoms with Crippen LogP contribution < -0.4 is 5.32 Å².